The summed E-state index contributed by atoms with van der Waals surface area (Å²) in [5.41, 5.74) is 1.84. The Labute approximate surface area is 225 Å². The summed E-state index contributed by atoms with van der Waals surface area (Å²) in [5.74, 6) is -0.569. The monoisotopic (exact) mass is 537 g/mol. The highest BCUT2D eigenvalue weighted by molar-refractivity contribution is 7.98. The number of nitrogens with zero attached hydrogens (tertiary/aromatic N) is 1. The summed E-state index contributed by atoms with van der Waals surface area (Å²) >= 11 is 1.55. The van der Waals surface area contributed by atoms with Crippen molar-refractivity contribution in [2.24, 2.45) is 0 Å². The zero-order valence-corrected chi connectivity index (χ0v) is 24.3. The third kappa shape index (κ3) is 10.6. The molecular weight excluding hydrogens is 494 g/mol. The average molecular weight is 538 g/mol. The molecule has 1 aromatic carbocycles. The van der Waals surface area contributed by atoms with Crippen LogP contribution in [-0.2, 0) is 23.9 Å². The third-order valence-corrected chi connectivity index (χ3v) is 6.30. The van der Waals surface area contributed by atoms with Gasteiger partial charge in [0, 0.05) is 13.1 Å². The fourth-order valence-electron chi connectivity index (χ4n) is 3.75. The molecule has 37 heavy (non-hydrogen) atoms. The van der Waals surface area contributed by atoms with Gasteiger partial charge in [0.1, 0.15) is 17.7 Å². The Morgan fingerprint density at radius 1 is 1.11 bits per heavy atom. The molecule has 0 spiro atoms. The van der Waals surface area contributed by atoms with E-state index >= 15 is 0 Å². The molecule has 2 unspecified atom stereocenters. The molecule has 0 aliphatic rings. The maximum atomic E-state index is 13.9. The van der Waals surface area contributed by atoms with Crippen LogP contribution in [0.5, 0.6) is 0 Å². The molecule has 2 N–H and O–H groups in total. The van der Waals surface area contributed by atoms with Gasteiger partial charge in [-0.2, -0.15) is 11.8 Å². The molecule has 10 heteroatoms. The van der Waals surface area contributed by atoms with E-state index in [0.717, 1.165) is 11.1 Å². The van der Waals surface area contributed by atoms with E-state index in [1.807, 2.05) is 38.3 Å². The van der Waals surface area contributed by atoms with E-state index in [-0.39, 0.29) is 32.0 Å². The van der Waals surface area contributed by atoms with Crippen LogP contribution in [0.3, 0.4) is 0 Å². The molecule has 1 rings (SSSR count). The lowest BCUT2D eigenvalue weighted by atomic mass is 9.95. The molecule has 2 atom stereocenters. The Kier molecular flexibility index (Phi) is 13.5. The number of rotatable bonds is 13. The van der Waals surface area contributed by atoms with E-state index in [9.17, 15) is 19.2 Å². The van der Waals surface area contributed by atoms with E-state index in [1.165, 1.54) is 4.90 Å². The number of carbonyl (C=O) groups is 4. The topological polar surface area (TPSA) is 114 Å². The number of likely N-dealkylation sites (N-methyl/N-ethyl adjacent to an activating group) is 1. The van der Waals surface area contributed by atoms with Crippen molar-refractivity contribution in [2.75, 3.05) is 31.7 Å². The van der Waals surface area contributed by atoms with E-state index in [2.05, 4.69) is 10.6 Å². The van der Waals surface area contributed by atoms with Gasteiger partial charge in [-0.3, -0.25) is 14.4 Å². The Hall–Kier alpha value is -2.75. The first kappa shape index (κ1) is 32.3. The van der Waals surface area contributed by atoms with Crippen LogP contribution < -0.4 is 10.6 Å². The molecule has 3 amide bonds. The third-order valence-electron chi connectivity index (χ3n) is 5.66. The fraction of sp³-hybridized carbons (Fsp3) is 0.630. The number of alkyl carbamates (subject to hydrolysis) is 1. The number of carbonyl (C=O) groups excluding carboxylic acids is 4. The van der Waals surface area contributed by atoms with Crippen LogP contribution in [0.15, 0.2) is 18.2 Å². The predicted molar refractivity (Wildman–Crippen MR) is 146 cm³/mol. The predicted octanol–water partition coefficient (Wildman–Crippen LogP) is 3.91. The van der Waals surface area contributed by atoms with E-state index in [0.29, 0.717) is 17.7 Å². The zero-order chi connectivity index (χ0) is 28.2. The minimum absolute atomic E-state index is 0.0235. The van der Waals surface area contributed by atoms with Gasteiger partial charge in [0.2, 0.25) is 11.8 Å². The van der Waals surface area contributed by atoms with Crippen molar-refractivity contribution in [3.63, 3.8) is 0 Å². The second-order valence-electron chi connectivity index (χ2n) is 9.64. The molecule has 0 saturated heterocycles. The first-order chi connectivity index (χ1) is 17.4. The van der Waals surface area contributed by atoms with Crippen LogP contribution in [0, 0.1) is 13.8 Å². The number of hydrogen-bond donors (Lipinski definition) is 2. The highest BCUT2D eigenvalue weighted by Crippen LogP contribution is 2.27. The van der Waals surface area contributed by atoms with E-state index < -0.39 is 35.7 Å². The minimum Gasteiger partial charge on any atom is -0.466 e. The number of nitrogens with one attached hydrogen (secondary N) is 2. The smallest absolute Gasteiger partial charge is 0.408 e. The van der Waals surface area contributed by atoms with Gasteiger partial charge in [0.25, 0.3) is 0 Å². The molecule has 0 aliphatic carbocycles. The van der Waals surface area contributed by atoms with Crippen molar-refractivity contribution < 1.29 is 28.7 Å². The summed E-state index contributed by atoms with van der Waals surface area (Å²) in [7, 11) is 0. The van der Waals surface area contributed by atoms with Crippen molar-refractivity contribution in [2.45, 2.75) is 79.0 Å². The molecule has 0 aromatic heterocycles. The standard InChI is InChI=1S/C27H43N3O6S/c1-9-30(25(33)21(15-17-37-8)29-26(34)36-27(5,6)7)23(20-13-11-12-18(3)19(20)4)24(32)28-16-14-22(31)35-10-2/h11-13,21,23H,9-10,14-17H2,1-8H3,(H,28,32)(H,29,34). The van der Waals surface area contributed by atoms with E-state index in [1.54, 1.807) is 46.4 Å². The van der Waals surface area contributed by atoms with Gasteiger partial charge in [0.15, 0.2) is 0 Å². The normalized spacial score (nSPS) is 12.8. The zero-order valence-electron chi connectivity index (χ0n) is 23.4. The maximum absolute atomic E-state index is 13.9. The van der Waals surface area contributed by atoms with Crippen LogP contribution in [0.4, 0.5) is 4.79 Å². The lowest BCUT2D eigenvalue weighted by Crippen LogP contribution is -2.53. The molecule has 0 radical (unpaired) electrons. The summed E-state index contributed by atoms with van der Waals surface area (Å²) in [6.45, 7) is 13.2. The quantitative estimate of drug-likeness (QED) is 0.367. The number of ether oxygens (including phenoxy) is 2. The summed E-state index contributed by atoms with van der Waals surface area (Å²) in [4.78, 5) is 53.2. The Morgan fingerprint density at radius 3 is 2.35 bits per heavy atom. The van der Waals surface area contributed by atoms with E-state index in [4.69, 9.17) is 9.47 Å². The molecule has 0 heterocycles. The first-order valence-corrected chi connectivity index (χ1v) is 14.0. The molecule has 0 bridgehead atoms. The summed E-state index contributed by atoms with van der Waals surface area (Å²) in [5, 5.41) is 5.50. The van der Waals surface area contributed by atoms with Crippen molar-refractivity contribution >= 4 is 35.6 Å². The van der Waals surface area contributed by atoms with Gasteiger partial charge in [-0.05, 0) is 83.6 Å². The van der Waals surface area contributed by atoms with Gasteiger partial charge < -0.3 is 25.0 Å². The van der Waals surface area contributed by atoms with Crippen molar-refractivity contribution in [1.29, 1.82) is 0 Å². The highest BCUT2D eigenvalue weighted by atomic mass is 32.2. The van der Waals surface area contributed by atoms with Gasteiger partial charge in [-0.15, -0.1) is 0 Å². The average Bonchev–Trinajstić information content (AvgIpc) is 2.80. The SMILES string of the molecule is CCOC(=O)CCNC(=O)C(c1cccc(C)c1C)N(CC)C(=O)C(CCSC)NC(=O)OC(C)(C)C. The van der Waals surface area contributed by atoms with Gasteiger partial charge in [-0.1, -0.05) is 18.2 Å². The highest BCUT2D eigenvalue weighted by Gasteiger charge is 2.36. The Balaban J connectivity index is 3.33. The van der Waals surface area contributed by atoms with Crippen LogP contribution in [0.2, 0.25) is 0 Å². The molecule has 0 fully saturated rings. The molecule has 208 valence electrons. The second kappa shape index (κ2) is 15.5. The van der Waals surface area contributed by atoms with Gasteiger partial charge in [-0.25, -0.2) is 4.79 Å². The van der Waals surface area contributed by atoms with Crippen molar-refractivity contribution in [1.82, 2.24) is 15.5 Å². The number of hydrogen-bond acceptors (Lipinski definition) is 7. The molecule has 9 nitrogen and oxygen atoms in total. The number of thioether (sulfide) groups is 1. The molecule has 0 aliphatic heterocycles. The lowest BCUT2D eigenvalue weighted by Gasteiger charge is -2.34. The van der Waals surface area contributed by atoms with Gasteiger partial charge in [0.05, 0.1) is 13.0 Å². The van der Waals surface area contributed by atoms with Gasteiger partial charge >= 0.3 is 12.1 Å². The Bertz CT molecular complexity index is 931. The van der Waals surface area contributed by atoms with Crippen LogP contribution in [0.1, 0.15) is 70.2 Å². The maximum Gasteiger partial charge on any atom is 0.408 e. The number of amides is 3. The molecular formula is C27H43N3O6S. The summed E-state index contributed by atoms with van der Waals surface area (Å²) < 4.78 is 10.3. The summed E-state index contributed by atoms with van der Waals surface area (Å²) in [6.07, 6.45) is 1.63. The largest absolute Gasteiger partial charge is 0.466 e. The minimum atomic E-state index is -0.947. The van der Waals surface area contributed by atoms with Crippen LogP contribution in [0.25, 0.3) is 0 Å². The van der Waals surface area contributed by atoms with Crippen LogP contribution in [-0.4, -0.2) is 72.1 Å². The second-order valence-corrected chi connectivity index (χ2v) is 10.6. The van der Waals surface area contributed by atoms with Crippen molar-refractivity contribution in [3.8, 4) is 0 Å². The number of benzene rings is 1. The lowest BCUT2D eigenvalue weighted by molar-refractivity contribution is -0.144. The molecule has 0 saturated carbocycles. The number of esters is 1. The fourth-order valence-corrected chi connectivity index (χ4v) is 4.22. The molecule has 1 aromatic rings. The first-order valence-electron chi connectivity index (χ1n) is 12.6. The van der Waals surface area contributed by atoms with Crippen LogP contribution >= 0.6 is 11.8 Å². The Morgan fingerprint density at radius 2 is 1.78 bits per heavy atom. The number of aryl methyl sites for hydroxylation is 1. The van der Waals surface area contributed by atoms with Crippen molar-refractivity contribution in [3.05, 3.63) is 34.9 Å². The summed E-state index contributed by atoms with van der Waals surface area (Å²) in [6, 6.07) is 3.79.